The predicted molar refractivity (Wildman–Crippen MR) is 79.0 cm³/mol. The average Bonchev–Trinajstić information content (AvgIpc) is 2.87. The molecule has 5 heteroatoms. The summed E-state index contributed by atoms with van der Waals surface area (Å²) < 4.78 is 14.9. The standard InChI is InChI=1S/C16H14FN3O/c1-10-8-12(17)6-7-13(10)19-16(21)14-9-20-11(2)4-3-5-15(20)18-14/h3-9H,1-2H3,(H,19,21). The first kappa shape index (κ1) is 13.3. The van der Waals surface area contributed by atoms with E-state index in [1.165, 1.54) is 12.1 Å². The fourth-order valence-corrected chi connectivity index (χ4v) is 2.21. The predicted octanol–water partition coefficient (Wildman–Crippen LogP) is 3.34. The van der Waals surface area contributed by atoms with Gasteiger partial charge in [-0.1, -0.05) is 6.07 Å². The van der Waals surface area contributed by atoms with Crippen LogP contribution in [0.1, 0.15) is 21.7 Å². The number of nitrogens with zero attached hydrogens (tertiary/aromatic N) is 2. The van der Waals surface area contributed by atoms with Gasteiger partial charge in [0.2, 0.25) is 0 Å². The normalized spacial score (nSPS) is 10.8. The van der Waals surface area contributed by atoms with E-state index < -0.39 is 0 Å². The molecular formula is C16H14FN3O. The van der Waals surface area contributed by atoms with Gasteiger partial charge in [0.15, 0.2) is 0 Å². The van der Waals surface area contributed by atoms with Gasteiger partial charge in [0, 0.05) is 17.6 Å². The Labute approximate surface area is 121 Å². The molecule has 1 N–H and O–H groups in total. The van der Waals surface area contributed by atoms with Crippen LogP contribution >= 0.6 is 0 Å². The summed E-state index contributed by atoms with van der Waals surface area (Å²) in [5, 5.41) is 2.75. The smallest absolute Gasteiger partial charge is 0.275 e. The Hall–Kier alpha value is -2.69. The van der Waals surface area contributed by atoms with E-state index in [1.807, 2.05) is 29.5 Å². The van der Waals surface area contributed by atoms with Gasteiger partial charge in [-0.15, -0.1) is 0 Å². The lowest BCUT2D eigenvalue weighted by Gasteiger charge is -2.06. The number of rotatable bonds is 2. The molecule has 0 unspecified atom stereocenters. The van der Waals surface area contributed by atoms with E-state index in [4.69, 9.17) is 0 Å². The molecule has 0 atom stereocenters. The summed E-state index contributed by atoms with van der Waals surface area (Å²) in [4.78, 5) is 16.5. The van der Waals surface area contributed by atoms with Crippen LogP contribution in [0.25, 0.3) is 5.65 Å². The van der Waals surface area contributed by atoms with Gasteiger partial charge in [-0.05, 0) is 49.7 Å². The van der Waals surface area contributed by atoms with Crippen molar-refractivity contribution in [1.29, 1.82) is 0 Å². The Morgan fingerprint density at radius 2 is 2.05 bits per heavy atom. The third-order valence-electron chi connectivity index (χ3n) is 3.37. The largest absolute Gasteiger partial charge is 0.320 e. The van der Waals surface area contributed by atoms with E-state index in [0.717, 1.165) is 11.3 Å². The second-order valence-electron chi connectivity index (χ2n) is 4.93. The van der Waals surface area contributed by atoms with Gasteiger partial charge in [-0.25, -0.2) is 9.37 Å². The van der Waals surface area contributed by atoms with E-state index in [-0.39, 0.29) is 11.7 Å². The maximum absolute atomic E-state index is 13.1. The number of nitrogens with one attached hydrogen (secondary N) is 1. The van der Waals surface area contributed by atoms with Crippen molar-refractivity contribution in [3.63, 3.8) is 0 Å². The molecule has 0 saturated heterocycles. The zero-order valence-electron chi connectivity index (χ0n) is 11.7. The third kappa shape index (κ3) is 2.50. The summed E-state index contributed by atoms with van der Waals surface area (Å²) in [6.07, 6.45) is 1.69. The zero-order valence-corrected chi connectivity index (χ0v) is 11.7. The van der Waals surface area contributed by atoms with Crippen molar-refractivity contribution in [2.24, 2.45) is 0 Å². The zero-order chi connectivity index (χ0) is 15.0. The number of aromatic nitrogens is 2. The summed E-state index contributed by atoms with van der Waals surface area (Å²) in [5.41, 5.74) is 3.29. The van der Waals surface area contributed by atoms with Crippen molar-refractivity contribution in [1.82, 2.24) is 9.38 Å². The van der Waals surface area contributed by atoms with Crippen molar-refractivity contribution in [3.8, 4) is 0 Å². The first-order chi connectivity index (χ1) is 10.0. The summed E-state index contributed by atoms with van der Waals surface area (Å²) in [5.74, 6) is -0.637. The molecule has 3 aromatic rings. The van der Waals surface area contributed by atoms with Crippen LogP contribution in [-0.4, -0.2) is 15.3 Å². The highest BCUT2D eigenvalue weighted by atomic mass is 19.1. The molecule has 0 radical (unpaired) electrons. The minimum atomic E-state index is -0.325. The van der Waals surface area contributed by atoms with Crippen LogP contribution in [0.5, 0.6) is 0 Å². The topological polar surface area (TPSA) is 46.4 Å². The maximum atomic E-state index is 13.1. The number of fused-ring (bicyclic) bond motifs is 1. The second kappa shape index (κ2) is 5.01. The molecule has 0 aliphatic rings. The molecule has 3 rings (SSSR count). The minimum absolute atomic E-state index is 0.312. The van der Waals surface area contributed by atoms with E-state index in [1.54, 1.807) is 19.2 Å². The van der Waals surface area contributed by atoms with E-state index in [2.05, 4.69) is 10.3 Å². The van der Waals surface area contributed by atoms with Crippen LogP contribution in [0, 0.1) is 19.7 Å². The van der Waals surface area contributed by atoms with E-state index in [9.17, 15) is 9.18 Å². The molecule has 4 nitrogen and oxygen atoms in total. The molecule has 106 valence electrons. The van der Waals surface area contributed by atoms with Crippen LogP contribution in [0.15, 0.2) is 42.6 Å². The Morgan fingerprint density at radius 3 is 2.76 bits per heavy atom. The number of benzene rings is 1. The number of carbonyl (C=O) groups excluding carboxylic acids is 1. The van der Waals surface area contributed by atoms with Gasteiger partial charge >= 0.3 is 0 Å². The number of hydrogen-bond acceptors (Lipinski definition) is 2. The van der Waals surface area contributed by atoms with Gasteiger partial charge in [0.25, 0.3) is 5.91 Å². The van der Waals surface area contributed by atoms with Crippen LogP contribution in [0.2, 0.25) is 0 Å². The quantitative estimate of drug-likeness (QED) is 0.784. The number of imidazole rings is 1. The molecule has 0 aliphatic heterocycles. The lowest BCUT2D eigenvalue weighted by atomic mass is 10.2. The highest BCUT2D eigenvalue weighted by Gasteiger charge is 2.12. The van der Waals surface area contributed by atoms with Crippen LogP contribution in [-0.2, 0) is 0 Å². The van der Waals surface area contributed by atoms with Gasteiger partial charge in [0.05, 0.1) is 0 Å². The molecule has 1 aromatic carbocycles. The third-order valence-corrected chi connectivity index (χ3v) is 3.37. The highest BCUT2D eigenvalue weighted by molar-refractivity contribution is 6.03. The molecule has 1 amide bonds. The lowest BCUT2D eigenvalue weighted by molar-refractivity contribution is 0.102. The Bertz CT molecular complexity index is 839. The van der Waals surface area contributed by atoms with E-state index in [0.29, 0.717) is 16.9 Å². The lowest BCUT2D eigenvalue weighted by Crippen LogP contribution is -2.13. The SMILES string of the molecule is Cc1cc(F)ccc1NC(=O)c1cn2c(C)cccc2n1. The molecule has 0 aliphatic carbocycles. The van der Waals surface area contributed by atoms with Gasteiger partial charge in [-0.3, -0.25) is 4.79 Å². The van der Waals surface area contributed by atoms with Crippen molar-refractivity contribution in [3.05, 3.63) is 65.4 Å². The maximum Gasteiger partial charge on any atom is 0.275 e. The Morgan fingerprint density at radius 1 is 1.24 bits per heavy atom. The highest BCUT2D eigenvalue weighted by Crippen LogP contribution is 2.17. The molecule has 0 bridgehead atoms. The van der Waals surface area contributed by atoms with Crippen molar-refractivity contribution in [2.75, 3.05) is 5.32 Å². The van der Waals surface area contributed by atoms with Crippen LogP contribution in [0.3, 0.4) is 0 Å². The second-order valence-corrected chi connectivity index (χ2v) is 4.93. The number of aryl methyl sites for hydroxylation is 2. The van der Waals surface area contributed by atoms with Crippen LogP contribution < -0.4 is 5.32 Å². The van der Waals surface area contributed by atoms with Crippen molar-refractivity contribution in [2.45, 2.75) is 13.8 Å². The minimum Gasteiger partial charge on any atom is -0.320 e. The first-order valence-electron chi connectivity index (χ1n) is 6.57. The first-order valence-corrected chi connectivity index (χ1v) is 6.57. The van der Waals surface area contributed by atoms with Crippen LogP contribution in [0.4, 0.5) is 10.1 Å². The number of pyridine rings is 1. The van der Waals surface area contributed by atoms with Crippen molar-refractivity contribution >= 4 is 17.2 Å². The molecule has 2 aromatic heterocycles. The number of hydrogen-bond donors (Lipinski definition) is 1. The molecule has 0 fully saturated rings. The number of amides is 1. The Kier molecular flexibility index (Phi) is 3.17. The number of carbonyl (C=O) groups is 1. The number of anilines is 1. The van der Waals surface area contributed by atoms with Gasteiger partial charge in [0.1, 0.15) is 17.2 Å². The van der Waals surface area contributed by atoms with Gasteiger partial charge in [-0.2, -0.15) is 0 Å². The Balaban J connectivity index is 1.92. The summed E-state index contributed by atoms with van der Waals surface area (Å²) in [6.45, 7) is 3.69. The average molecular weight is 283 g/mol. The van der Waals surface area contributed by atoms with E-state index >= 15 is 0 Å². The molecule has 0 saturated carbocycles. The summed E-state index contributed by atoms with van der Waals surface area (Å²) in [7, 11) is 0. The summed E-state index contributed by atoms with van der Waals surface area (Å²) >= 11 is 0. The molecule has 0 spiro atoms. The van der Waals surface area contributed by atoms with Gasteiger partial charge < -0.3 is 9.72 Å². The fourth-order valence-electron chi connectivity index (χ4n) is 2.21. The van der Waals surface area contributed by atoms with Crippen molar-refractivity contribution < 1.29 is 9.18 Å². The molecular weight excluding hydrogens is 269 g/mol. The number of halogens is 1. The monoisotopic (exact) mass is 283 g/mol. The molecule has 21 heavy (non-hydrogen) atoms. The fraction of sp³-hybridized carbons (Fsp3) is 0.125. The molecule has 2 heterocycles. The summed E-state index contributed by atoms with van der Waals surface area (Å²) in [6, 6.07) is 9.92.